The van der Waals surface area contributed by atoms with E-state index in [9.17, 15) is 4.79 Å². The van der Waals surface area contributed by atoms with Gasteiger partial charge in [-0.25, -0.2) is 0 Å². The van der Waals surface area contributed by atoms with E-state index in [1.807, 2.05) is 25.9 Å². The average Bonchev–Trinajstić information content (AvgIpc) is 1.58. The molecule has 0 spiro atoms. The minimum Gasteiger partial charge on any atom is -0.461 e. The van der Waals surface area contributed by atoms with Gasteiger partial charge in [0.05, 0.1) is 0 Å². The topological polar surface area (TPSA) is 29.5 Å². The molecule has 0 aromatic rings. The van der Waals surface area contributed by atoms with Crippen molar-refractivity contribution in [2.24, 2.45) is 0 Å². The Kier molecular flexibility index (Phi) is 13.6. The molecule has 0 rings (SSSR count). The third-order valence-corrected chi connectivity index (χ3v) is 0.989. The van der Waals surface area contributed by atoms with Crippen LogP contribution in [0, 0.1) is 0 Å². The first-order valence-corrected chi connectivity index (χ1v) is 3.34. The summed E-state index contributed by atoms with van der Waals surface area (Å²) in [6.45, 7) is 4.08. The van der Waals surface area contributed by atoms with Gasteiger partial charge in [0.15, 0.2) is 0 Å². The molecule has 0 heterocycles. The van der Waals surface area contributed by atoms with Crippen molar-refractivity contribution in [1.82, 2.24) is 4.90 Å². The largest absolute Gasteiger partial charge is 0.461 e. The highest BCUT2D eigenvalue weighted by molar-refractivity contribution is 5.85. The van der Waals surface area contributed by atoms with E-state index < -0.39 is 0 Å². The highest BCUT2D eigenvalue weighted by atomic mass is 35.5. The summed E-state index contributed by atoms with van der Waals surface area (Å²) in [6, 6.07) is 0. The van der Waals surface area contributed by atoms with Crippen LogP contribution in [-0.2, 0) is 9.53 Å². The maximum atomic E-state index is 10.4. The first-order chi connectivity index (χ1) is 4.52. The molecule has 0 amide bonds. The van der Waals surface area contributed by atoms with E-state index >= 15 is 0 Å². The average molecular weight is 218 g/mol. The zero-order valence-electron chi connectivity index (χ0n) is 7.86. The fourth-order valence-electron chi connectivity index (χ4n) is 0.835. The van der Waals surface area contributed by atoms with Crippen molar-refractivity contribution >= 4 is 30.8 Å². The van der Waals surface area contributed by atoms with Crippen LogP contribution in [0.3, 0.4) is 0 Å². The summed E-state index contributed by atoms with van der Waals surface area (Å²) in [5.41, 5.74) is 0. The monoisotopic (exact) mass is 217 g/mol. The molecule has 3 nitrogen and oxygen atoms in total. The molecule has 0 aromatic heterocycles. The van der Waals surface area contributed by atoms with Gasteiger partial charge < -0.3 is 9.64 Å². The van der Waals surface area contributed by atoms with E-state index in [2.05, 4.69) is 0 Å². The minimum absolute atomic E-state index is 0. The fraction of sp³-hybridized carbons (Fsp3) is 0.857. The number of hydrogen-bond donors (Lipinski definition) is 0. The second-order valence-electron chi connectivity index (χ2n) is 2.68. The third kappa shape index (κ3) is 12.7. The van der Waals surface area contributed by atoms with Crippen LogP contribution in [0.2, 0.25) is 0 Å². The smallest absolute Gasteiger partial charge is 0.302 e. The van der Waals surface area contributed by atoms with Gasteiger partial charge in [0.1, 0.15) is 6.10 Å². The molecule has 0 aliphatic heterocycles. The minimum atomic E-state index is -0.214. The Balaban J connectivity index is -0.000000405. The summed E-state index contributed by atoms with van der Waals surface area (Å²) in [5, 5.41) is 0. The van der Waals surface area contributed by atoms with Crippen LogP contribution in [0.1, 0.15) is 13.8 Å². The normalized spacial score (nSPS) is 11.1. The van der Waals surface area contributed by atoms with Gasteiger partial charge >= 0.3 is 5.97 Å². The standard InChI is InChI=1S/C7H15NO2.2ClH/c1-6(5-8(3)4)10-7(2)9;;/h6H,5H2,1-4H3;2*1H/t6-;;/m1../s1. The SMILES string of the molecule is CC(=O)O[C@H](C)CN(C)C.Cl.Cl. The van der Waals surface area contributed by atoms with Gasteiger partial charge in [-0.1, -0.05) is 0 Å². The van der Waals surface area contributed by atoms with Gasteiger partial charge in [-0.2, -0.15) is 0 Å². The summed E-state index contributed by atoms with van der Waals surface area (Å²) in [6.07, 6.45) is -0.00694. The number of nitrogens with zero attached hydrogens (tertiary/aromatic N) is 1. The first kappa shape index (κ1) is 17.9. The molecule has 0 N–H and O–H groups in total. The molecule has 0 fully saturated rings. The van der Waals surface area contributed by atoms with Crippen molar-refractivity contribution in [3.8, 4) is 0 Å². The lowest BCUT2D eigenvalue weighted by molar-refractivity contribution is -0.145. The molecule has 12 heavy (non-hydrogen) atoms. The lowest BCUT2D eigenvalue weighted by Crippen LogP contribution is -2.27. The highest BCUT2D eigenvalue weighted by Crippen LogP contribution is 1.91. The zero-order valence-corrected chi connectivity index (χ0v) is 9.50. The van der Waals surface area contributed by atoms with Crippen LogP contribution in [-0.4, -0.2) is 37.6 Å². The van der Waals surface area contributed by atoms with Crippen LogP contribution in [0.25, 0.3) is 0 Å². The summed E-state index contributed by atoms with van der Waals surface area (Å²) >= 11 is 0. The molecule has 0 unspecified atom stereocenters. The third-order valence-electron chi connectivity index (χ3n) is 0.989. The number of halogens is 2. The summed E-state index contributed by atoms with van der Waals surface area (Å²) in [7, 11) is 3.89. The molecule has 0 aliphatic carbocycles. The predicted molar refractivity (Wildman–Crippen MR) is 54.3 cm³/mol. The van der Waals surface area contributed by atoms with Crippen LogP contribution in [0.15, 0.2) is 0 Å². The molecule has 0 bridgehead atoms. The number of carbonyl (C=O) groups excluding carboxylic acids is 1. The molecule has 76 valence electrons. The quantitative estimate of drug-likeness (QED) is 0.669. The number of carbonyl (C=O) groups is 1. The summed E-state index contributed by atoms with van der Waals surface area (Å²) in [4.78, 5) is 12.4. The van der Waals surface area contributed by atoms with Crippen LogP contribution >= 0.6 is 24.8 Å². The van der Waals surface area contributed by atoms with Gasteiger partial charge in [0.25, 0.3) is 0 Å². The Labute approximate surface area is 86.3 Å². The molecular weight excluding hydrogens is 201 g/mol. The van der Waals surface area contributed by atoms with E-state index in [0.717, 1.165) is 6.54 Å². The van der Waals surface area contributed by atoms with Gasteiger partial charge in [0.2, 0.25) is 0 Å². The van der Waals surface area contributed by atoms with E-state index in [-0.39, 0.29) is 36.9 Å². The summed E-state index contributed by atoms with van der Waals surface area (Å²) in [5.74, 6) is -0.214. The maximum Gasteiger partial charge on any atom is 0.302 e. The summed E-state index contributed by atoms with van der Waals surface area (Å²) < 4.78 is 4.88. The Morgan fingerprint density at radius 2 is 1.83 bits per heavy atom. The Morgan fingerprint density at radius 1 is 1.42 bits per heavy atom. The van der Waals surface area contributed by atoms with Crippen LogP contribution in [0.5, 0.6) is 0 Å². The van der Waals surface area contributed by atoms with E-state index in [0.29, 0.717) is 0 Å². The predicted octanol–water partition coefficient (Wildman–Crippen LogP) is 1.34. The molecule has 0 saturated heterocycles. The Bertz CT molecular complexity index is 120. The second-order valence-corrected chi connectivity index (χ2v) is 2.68. The van der Waals surface area contributed by atoms with Crippen molar-refractivity contribution < 1.29 is 9.53 Å². The van der Waals surface area contributed by atoms with E-state index in [4.69, 9.17) is 4.74 Å². The number of likely N-dealkylation sites (N-methyl/N-ethyl adjacent to an activating group) is 1. The van der Waals surface area contributed by atoms with Gasteiger partial charge in [-0.15, -0.1) is 24.8 Å². The van der Waals surface area contributed by atoms with Crippen LogP contribution < -0.4 is 0 Å². The number of hydrogen-bond acceptors (Lipinski definition) is 3. The van der Waals surface area contributed by atoms with E-state index in [1.54, 1.807) is 0 Å². The molecule has 0 saturated carbocycles. The van der Waals surface area contributed by atoms with Crippen molar-refractivity contribution in [3.05, 3.63) is 0 Å². The molecule has 0 radical (unpaired) electrons. The van der Waals surface area contributed by atoms with Crippen LogP contribution in [0.4, 0.5) is 0 Å². The van der Waals surface area contributed by atoms with Crippen molar-refractivity contribution in [3.63, 3.8) is 0 Å². The van der Waals surface area contributed by atoms with Gasteiger partial charge in [0, 0.05) is 13.5 Å². The first-order valence-electron chi connectivity index (χ1n) is 3.34. The number of rotatable bonds is 3. The fourth-order valence-corrected chi connectivity index (χ4v) is 0.835. The van der Waals surface area contributed by atoms with Crippen molar-refractivity contribution in [2.45, 2.75) is 20.0 Å². The Hall–Kier alpha value is 0.01000. The molecule has 0 aliphatic rings. The lowest BCUT2D eigenvalue weighted by atomic mass is 10.4. The maximum absolute atomic E-state index is 10.4. The van der Waals surface area contributed by atoms with E-state index in [1.165, 1.54) is 6.92 Å². The second kappa shape index (κ2) is 9.10. The van der Waals surface area contributed by atoms with Crippen molar-refractivity contribution in [1.29, 1.82) is 0 Å². The zero-order chi connectivity index (χ0) is 8.15. The number of esters is 1. The van der Waals surface area contributed by atoms with Crippen molar-refractivity contribution in [2.75, 3.05) is 20.6 Å². The Morgan fingerprint density at radius 3 is 2.08 bits per heavy atom. The molecular formula is C7H17Cl2NO2. The molecule has 5 heteroatoms. The van der Waals surface area contributed by atoms with Gasteiger partial charge in [-0.3, -0.25) is 4.79 Å². The lowest BCUT2D eigenvalue weighted by Gasteiger charge is -2.16. The molecule has 1 atom stereocenters. The molecule has 0 aromatic carbocycles. The highest BCUT2D eigenvalue weighted by Gasteiger charge is 2.04. The van der Waals surface area contributed by atoms with Gasteiger partial charge in [-0.05, 0) is 21.0 Å². The number of ether oxygens (including phenoxy) is 1.